The van der Waals surface area contributed by atoms with E-state index in [1.54, 1.807) is 11.9 Å². The normalized spacial score (nSPS) is 16.7. The topological polar surface area (TPSA) is 72.9 Å². The van der Waals surface area contributed by atoms with E-state index in [4.69, 9.17) is 5.11 Å². The maximum absolute atomic E-state index is 12.0. The Hall–Kier alpha value is -1.30. The fraction of sp³-hybridized carbons (Fsp3) is 0.833. The maximum Gasteiger partial charge on any atom is 0.319 e. The quantitative estimate of drug-likeness (QED) is 0.750. The van der Waals surface area contributed by atoms with E-state index in [2.05, 4.69) is 5.32 Å². The van der Waals surface area contributed by atoms with Gasteiger partial charge in [-0.05, 0) is 25.8 Å². The van der Waals surface area contributed by atoms with Crippen molar-refractivity contribution >= 4 is 12.0 Å². The molecule has 18 heavy (non-hydrogen) atoms. The minimum Gasteiger partial charge on any atom is -0.481 e. The molecule has 0 unspecified atom stereocenters. The van der Waals surface area contributed by atoms with Crippen molar-refractivity contribution in [3.8, 4) is 0 Å². The molecule has 1 saturated heterocycles. The third-order valence-electron chi connectivity index (χ3n) is 3.37. The second-order valence-electron chi connectivity index (χ2n) is 4.84. The van der Waals surface area contributed by atoms with E-state index >= 15 is 0 Å². The van der Waals surface area contributed by atoms with Gasteiger partial charge in [0, 0.05) is 39.6 Å². The van der Waals surface area contributed by atoms with Gasteiger partial charge in [-0.15, -0.1) is 0 Å². The predicted octanol–water partition coefficient (Wildman–Crippen LogP) is 0.444. The van der Waals surface area contributed by atoms with Crippen LogP contribution in [0.2, 0.25) is 0 Å². The second-order valence-corrected chi connectivity index (χ2v) is 4.84. The molecule has 0 aliphatic carbocycles. The minimum absolute atomic E-state index is 0.0408. The third kappa shape index (κ3) is 4.52. The van der Waals surface area contributed by atoms with Crippen LogP contribution in [0.4, 0.5) is 4.79 Å². The lowest BCUT2D eigenvalue weighted by molar-refractivity contribution is -0.138. The number of nitrogens with one attached hydrogen (secondary N) is 1. The van der Waals surface area contributed by atoms with Crippen molar-refractivity contribution in [3.05, 3.63) is 0 Å². The zero-order valence-corrected chi connectivity index (χ0v) is 11.2. The number of likely N-dealkylation sites (N-methyl/N-ethyl adjacent to an activating group) is 2. The first-order valence-electron chi connectivity index (χ1n) is 6.41. The summed E-state index contributed by atoms with van der Waals surface area (Å²) in [6, 6.07) is 0.0408. The summed E-state index contributed by atoms with van der Waals surface area (Å²) in [5, 5.41) is 11.7. The van der Waals surface area contributed by atoms with Crippen molar-refractivity contribution in [1.29, 1.82) is 0 Å². The number of hydrogen-bond donors (Lipinski definition) is 2. The Bertz CT molecular complexity index is 288. The van der Waals surface area contributed by atoms with Gasteiger partial charge < -0.3 is 20.2 Å². The zero-order valence-electron chi connectivity index (χ0n) is 11.2. The maximum atomic E-state index is 12.0. The van der Waals surface area contributed by atoms with Crippen molar-refractivity contribution < 1.29 is 14.7 Å². The summed E-state index contributed by atoms with van der Waals surface area (Å²) in [6.45, 7) is 2.80. The summed E-state index contributed by atoms with van der Waals surface area (Å²) in [7, 11) is 3.65. The molecule has 0 aromatic rings. The number of carbonyl (C=O) groups is 2. The van der Waals surface area contributed by atoms with E-state index in [9.17, 15) is 9.59 Å². The van der Waals surface area contributed by atoms with Crippen LogP contribution >= 0.6 is 0 Å². The molecule has 6 nitrogen and oxygen atoms in total. The molecule has 1 aliphatic rings. The molecule has 0 saturated carbocycles. The first-order valence-corrected chi connectivity index (χ1v) is 6.41. The van der Waals surface area contributed by atoms with Crippen molar-refractivity contribution in [2.45, 2.75) is 19.3 Å². The summed E-state index contributed by atoms with van der Waals surface area (Å²) in [5.74, 6) is -0.528. The fourth-order valence-corrected chi connectivity index (χ4v) is 2.19. The van der Waals surface area contributed by atoms with Crippen molar-refractivity contribution in [2.75, 3.05) is 40.3 Å². The number of amides is 2. The van der Waals surface area contributed by atoms with Crippen molar-refractivity contribution in [2.24, 2.45) is 5.92 Å². The molecule has 1 rings (SSSR count). The van der Waals surface area contributed by atoms with Crippen LogP contribution in [-0.4, -0.2) is 67.2 Å². The average Bonchev–Trinajstić information content (AvgIpc) is 2.35. The number of rotatable bonds is 5. The van der Waals surface area contributed by atoms with Crippen LogP contribution in [0.25, 0.3) is 0 Å². The molecule has 2 N–H and O–H groups in total. The molecule has 104 valence electrons. The summed E-state index contributed by atoms with van der Waals surface area (Å²) < 4.78 is 0. The highest BCUT2D eigenvalue weighted by atomic mass is 16.4. The average molecular weight is 257 g/mol. The number of nitrogens with zero attached hydrogens (tertiary/aromatic N) is 2. The van der Waals surface area contributed by atoms with Crippen LogP contribution in [-0.2, 0) is 4.79 Å². The summed E-state index contributed by atoms with van der Waals surface area (Å²) in [6.07, 6.45) is 1.80. The summed E-state index contributed by atoms with van der Waals surface area (Å²) >= 11 is 0. The molecule has 1 heterocycles. The molecule has 1 aliphatic heterocycles. The third-order valence-corrected chi connectivity index (χ3v) is 3.37. The van der Waals surface area contributed by atoms with Gasteiger partial charge in [-0.2, -0.15) is 0 Å². The number of aliphatic carboxylic acids is 1. The van der Waals surface area contributed by atoms with Gasteiger partial charge in [0.1, 0.15) is 0 Å². The Labute approximate surface area is 108 Å². The number of carbonyl (C=O) groups excluding carboxylic acids is 1. The van der Waals surface area contributed by atoms with Crippen molar-refractivity contribution in [1.82, 2.24) is 15.1 Å². The number of carboxylic acids is 1. The highest BCUT2D eigenvalue weighted by Crippen LogP contribution is 2.20. The monoisotopic (exact) mass is 257 g/mol. The predicted molar refractivity (Wildman–Crippen MR) is 68.5 cm³/mol. The molecular formula is C12H23N3O3. The van der Waals surface area contributed by atoms with Crippen LogP contribution < -0.4 is 5.32 Å². The molecule has 0 atom stereocenters. The van der Waals surface area contributed by atoms with Crippen LogP contribution in [0.15, 0.2) is 0 Å². The molecule has 6 heteroatoms. The smallest absolute Gasteiger partial charge is 0.319 e. The first kappa shape index (κ1) is 14.8. The molecule has 0 bridgehead atoms. The second kappa shape index (κ2) is 7.20. The van der Waals surface area contributed by atoms with E-state index in [0.717, 1.165) is 19.4 Å². The lowest BCUT2D eigenvalue weighted by Gasteiger charge is -2.34. The standard InChI is InChI=1S/C12H23N3O3/c1-13-5-8-14(2)12(18)15-6-3-10(4-7-15)9-11(16)17/h10,13H,3-9H2,1-2H3,(H,16,17). The van der Waals surface area contributed by atoms with E-state index in [0.29, 0.717) is 19.6 Å². The largest absolute Gasteiger partial charge is 0.481 e. The highest BCUT2D eigenvalue weighted by molar-refractivity contribution is 5.74. The summed E-state index contributed by atoms with van der Waals surface area (Å²) in [5.41, 5.74) is 0. The fourth-order valence-electron chi connectivity index (χ4n) is 2.19. The summed E-state index contributed by atoms with van der Waals surface area (Å²) in [4.78, 5) is 26.2. The van der Waals surface area contributed by atoms with Crippen LogP contribution in [0, 0.1) is 5.92 Å². The Morgan fingerprint density at radius 1 is 1.39 bits per heavy atom. The lowest BCUT2D eigenvalue weighted by Crippen LogP contribution is -2.46. The van der Waals surface area contributed by atoms with E-state index < -0.39 is 5.97 Å². The molecule has 1 fully saturated rings. The first-order chi connectivity index (χ1) is 8.54. The van der Waals surface area contributed by atoms with Gasteiger partial charge in [0.25, 0.3) is 0 Å². The van der Waals surface area contributed by atoms with Crippen LogP contribution in [0.1, 0.15) is 19.3 Å². The molecule has 0 aromatic heterocycles. The molecular weight excluding hydrogens is 234 g/mol. The Kier molecular flexibility index (Phi) is 5.91. The molecule has 2 amide bonds. The van der Waals surface area contributed by atoms with Crippen LogP contribution in [0.5, 0.6) is 0 Å². The van der Waals surface area contributed by atoms with Gasteiger partial charge in [0.2, 0.25) is 0 Å². The van der Waals surface area contributed by atoms with Gasteiger partial charge in [0.05, 0.1) is 0 Å². The molecule has 0 radical (unpaired) electrons. The SMILES string of the molecule is CNCCN(C)C(=O)N1CCC(CC(=O)O)CC1. The Morgan fingerprint density at radius 2 is 2.00 bits per heavy atom. The van der Waals surface area contributed by atoms with Gasteiger partial charge in [-0.25, -0.2) is 4.79 Å². The van der Waals surface area contributed by atoms with Gasteiger partial charge in [-0.1, -0.05) is 0 Å². The molecule has 0 aromatic carbocycles. The van der Waals surface area contributed by atoms with E-state index in [-0.39, 0.29) is 18.4 Å². The number of urea groups is 1. The Balaban J connectivity index is 2.33. The van der Waals surface area contributed by atoms with Gasteiger partial charge >= 0.3 is 12.0 Å². The molecule has 0 spiro atoms. The van der Waals surface area contributed by atoms with Crippen molar-refractivity contribution in [3.63, 3.8) is 0 Å². The number of hydrogen-bond acceptors (Lipinski definition) is 3. The number of carboxylic acid groups (broad SMARTS) is 1. The number of likely N-dealkylation sites (tertiary alicyclic amines) is 1. The number of piperidine rings is 1. The lowest BCUT2D eigenvalue weighted by atomic mass is 9.94. The van der Waals surface area contributed by atoms with Crippen LogP contribution in [0.3, 0.4) is 0 Å². The zero-order chi connectivity index (χ0) is 13.5. The Morgan fingerprint density at radius 3 is 2.50 bits per heavy atom. The van der Waals surface area contributed by atoms with E-state index in [1.807, 2.05) is 11.9 Å². The minimum atomic E-state index is -0.745. The van der Waals surface area contributed by atoms with Gasteiger partial charge in [-0.3, -0.25) is 4.79 Å². The van der Waals surface area contributed by atoms with Gasteiger partial charge in [0.15, 0.2) is 0 Å². The van der Waals surface area contributed by atoms with E-state index in [1.165, 1.54) is 0 Å². The highest BCUT2D eigenvalue weighted by Gasteiger charge is 2.25.